The Morgan fingerprint density at radius 1 is 0.887 bits per heavy atom. The van der Waals surface area contributed by atoms with Crippen LogP contribution in [0.1, 0.15) is 59.2 Å². The van der Waals surface area contributed by atoms with Crippen molar-refractivity contribution in [3.8, 4) is 23.0 Å². The van der Waals surface area contributed by atoms with Crippen molar-refractivity contribution in [2.24, 2.45) is 0 Å². The largest absolute Gasteiger partial charge is 0.493 e. The van der Waals surface area contributed by atoms with E-state index in [1.807, 2.05) is 0 Å². The molecule has 4 aliphatic heterocycles. The molecule has 7 rings (SSSR count). The molecule has 1 aromatic heterocycles. The third kappa shape index (κ3) is 9.41. The van der Waals surface area contributed by atoms with E-state index in [4.69, 9.17) is 23.7 Å². The Morgan fingerprint density at radius 3 is 2.23 bits per heavy atom. The topological polar surface area (TPSA) is 212 Å². The van der Waals surface area contributed by atoms with Crippen molar-refractivity contribution >= 4 is 62.5 Å². The van der Waals surface area contributed by atoms with Crippen LogP contribution in [0, 0.1) is 10.1 Å². The fourth-order valence-corrected chi connectivity index (χ4v) is 9.56. The van der Waals surface area contributed by atoms with Gasteiger partial charge in [0.05, 0.1) is 67.5 Å². The molecule has 2 N–H and O–H groups in total. The van der Waals surface area contributed by atoms with Crippen LogP contribution in [-0.2, 0) is 9.53 Å². The minimum absolute atomic E-state index is 0.0162. The number of pyridine rings is 1. The molecule has 3 atom stereocenters. The Bertz CT molecular complexity index is 2280. The zero-order valence-corrected chi connectivity index (χ0v) is 35.8. The van der Waals surface area contributed by atoms with E-state index in [1.165, 1.54) is 70.0 Å². The molecule has 0 saturated carbocycles. The van der Waals surface area contributed by atoms with Gasteiger partial charge >= 0.3 is 6.09 Å². The van der Waals surface area contributed by atoms with E-state index >= 15 is 0 Å². The number of aliphatic hydroxyl groups excluding tert-OH is 1. The van der Waals surface area contributed by atoms with Crippen LogP contribution in [0.4, 0.5) is 21.9 Å². The molecule has 0 unspecified atom stereocenters. The first kappa shape index (κ1) is 44.1. The number of aliphatic hydroxyl groups is 1. The van der Waals surface area contributed by atoms with E-state index in [9.17, 15) is 34.4 Å². The highest BCUT2D eigenvalue weighted by atomic mass is 33.1. The molecular weight excluding hydrogens is 845 g/mol. The summed E-state index contributed by atoms with van der Waals surface area (Å²) in [5.41, 5.74) is 2.38. The highest BCUT2D eigenvalue weighted by Gasteiger charge is 2.46. The van der Waals surface area contributed by atoms with E-state index in [2.05, 4.69) is 23.5 Å². The van der Waals surface area contributed by atoms with Gasteiger partial charge in [0, 0.05) is 37.0 Å². The van der Waals surface area contributed by atoms with Gasteiger partial charge < -0.3 is 43.9 Å². The molecule has 3 aromatic rings. The Balaban J connectivity index is 0.952. The second-order valence-corrected chi connectivity index (χ2v) is 17.4. The van der Waals surface area contributed by atoms with E-state index in [0.29, 0.717) is 85.2 Å². The number of nitrogens with zero attached hydrogens (tertiary/aromatic N) is 5. The van der Waals surface area contributed by atoms with Gasteiger partial charge in [-0.25, -0.2) is 14.7 Å². The average Bonchev–Trinajstić information content (AvgIpc) is 3.82. The number of anilines is 2. The Hall–Kier alpha value is -5.99. The lowest BCUT2D eigenvalue weighted by Crippen LogP contribution is -2.51. The molecule has 328 valence electrons. The molecule has 0 spiro atoms. The number of unbranched alkanes of at least 4 members (excludes halogenated alkanes) is 2. The summed E-state index contributed by atoms with van der Waals surface area (Å²) >= 11 is 0. The van der Waals surface area contributed by atoms with Gasteiger partial charge in [0.2, 0.25) is 5.91 Å². The van der Waals surface area contributed by atoms with Crippen molar-refractivity contribution in [1.82, 2.24) is 14.8 Å². The van der Waals surface area contributed by atoms with E-state index in [0.717, 1.165) is 16.0 Å². The van der Waals surface area contributed by atoms with E-state index < -0.39 is 35.2 Å². The third-order valence-electron chi connectivity index (χ3n) is 10.7. The van der Waals surface area contributed by atoms with Gasteiger partial charge in [0.15, 0.2) is 29.2 Å². The number of ether oxygens (including phenoxy) is 5. The van der Waals surface area contributed by atoms with Gasteiger partial charge in [-0.05, 0) is 67.5 Å². The fraction of sp³-hybridized carbons (Fsp3) is 0.405. The lowest BCUT2D eigenvalue weighted by atomic mass is 10.1. The number of carbonyl (C=O) groups is 4. The maximum Gasteiger partial charge on any atom is 0.416 e. The monoisotopic (exact) mass is 890 g/mol. The molecule has 0 aliphatic carbocycles. The SMILES string of the molecule is C=C1C[C@H]2C(=O)Nc3cc(OCCCCCOc4cc5c(cc4OC)C(=O)N4CC(=C)C[C@H]4[C@H](O)N5C(=O)OCCCSSc4ccc([N+](=O)[O-])cn4)c(OC)cc3C(=O)N2C1. The van der Waals surface area contributed by atoms with Gasteiger partial charge in [-0.2, -0.15) is 0 Å². The van der Waals surface area contributed by atoms with Gasteiger partial charge in [-0.3, -0.25) is 24.5 Å². The summed E-state index contributed by atoms with van der Waals surface area (Å²) in [4.78, 5) is 72.5. The zero-order valence-electron chi connectivity index (χ0n) is 34.2. The predicted molar refractivity (Wildman–Crippen MR) is 230 cm³/mol. The predicted octanol–water partition coefficient (Wildman–Crippen LogP) is 6.23. The molecule has 0 bridgehead atoms. The lowest BCUT2D eigenvalue weighted by molar-refractivity contribution is -0.385. The summed E-state index contributed by atoms with van der Waals surface area (Å²) in [5.74, 6) is 0.879. The van der Waals surface area contributed by atoms with Crippen LogP contribution in [0.15, 0.2) is 71.9 Å². The molecule has 0 radical (unpaired) electrons. The summed E-state index contributed by atoms with van der Waals surface area (Å²) in [5, 5.41) is 26.0. The van der Waals surface area contributed by atoms with Gasteiger partial charge in [0.1, 0.15) is 17.3 Å². The highest BCUT2D eigenvalue weighted by molar-refractivity contribution is 8.76. The number of rotatable bonds is 17. The minimum Gasteiger partial charge on any atom is -0.493 e. The molecule has 4 aliphatic rings. The first-order chi connectivity index (χ1) is 29.9. The first-order valence-electron chi connectivity index (χ1n) is 19.9. The molecule has 2 saturated heterocycles. The second kappa shape index (κ2) is 19.4. The first-order valence-corrected chi connectivity index (χ1v) is 22.2. The molecule has 5 heterocycles. The molecule has 2 aromatic carbocycles. The van der Waals surface area contributed by atoms with E-state index in [1.54, 1.807) is 18.2 Å². The standard InChI is InChI=1S/C42H46N6O12S2/c1-24-15-31-38(49)44-29-19-35(33(56-3)17-27(29)39(50)45(31)22-24)58-11-6-5-7-12-59-36-20-30-28(18-34(36)57-4)40(51)46-23-25(2)16-32(46)41(52)47(30)42(53)60-13-8-14-61-62-37-10-9-26(21-43-37)48(54)55/h9-10,17-21,31-32,41,52H,1-2,5-8,11-16,22-23H2,3-4H3,(H,44,49)/t31-,32-,41-/m0/s1. The summed E-state index contributed by atoms with van der Waals surface area (Å²) < 4.78 is 29.0. The van der Waals surface area contributed by atoms with Gasteiger partial charge in [-0.15, -0.1) is 0 Å². The third-order valence-corrected chi connectivity index (χ3v) is 13.1. The van der Waals surface area contributed by atoms with Crippen LogP contribution in [0.3, 0.4) is 0 Å². The van der Waals surface area contributed by atoms with Crippen LogP contribution in [-0.4, -0.2) is 120 Å². The van der Waals surface area contributed by atoms with Crippen LogP contribution >= 0.6 is 21.6 Å². The smallest absolute Gasteiger partial charge is 0.416 e. The van der Waals surface area contributed by atoms with Crippen LogP contribution in [0.2, 0.25) is 0 Å². The second-order valence-electron chi connectivity index (χ2n) is 14.9. The number of carbonyl (C=O) groups excluding carboxylic acids is 4. The van der Waals surface area contributed by atoms with Crippen molar-refractivity contribution in [2.45, 2.75) is 61.9 Å². The molecular formula is C42H46N6O12S2. The zero-order chi connectivity index (χ0) is 44.1. The number of nitro groups is 1. The van der Waals surface area contributed by atoms with Gasteiger partial charge in [0.25, 0.3) is 17.5 Å². The summed E-state index contributed by atoms with van der Waals surface area (Å²) in [7, 11) is 5.71. The lowest BCUT2D eigenvalue weighted by Gasteiger charge is -2.31. The number of aromatic nitrogens is 1. The minimum atomic E-state index is -1.45. The van der Waals surface area contributed by atoms with Crippen molar-refractivity contribution < 1.29 is 52.9 Å². The van der Waals surface area contributed by atoms with Crippen molar-refractivity contribution in [3.05, 3.63) is 88.1 Å². The maximum absolute atomic E-state index is 13.9. The quantitative estimate of drug-likeness (QED) is 0.0505. The summed E-state index contributed by atoms with van der Waals surface area (Å²) in [6.45, 7) is 9.08. The number of amides is 4. The number of nitrogens with one attached hydrogen (secondary N) is 1. The number of benzene rings is 2. The molecule has 20 heteroatoms. The number of hydrogen-bond acceptors (Lipinski definition) is 15. The number of hydrogen-bond donors (Lipinski definition) is 2. The molecule has 2 fully saturated rings. The fourth-order valence-electron chi connectivity index (χ4n) is 7.64. The van der Waals surface area contributed by atoms with Crippen LogP contribution in [0.5, 0.6) is 23.0 Å². The Kier molecular flexibility index (Phi) is 13.8. The summed E-state index contributed by atoms with van der Waals surface area (Å²) in [6.07, 6.45) is 1.98. The summed E-state index contributed by atoms with van der Waals surface area (Å²) in [6, 6.07) is 7.78. The van der Waals surface area contributed by atoms with Crippen LogP contribution in [0.25, 0.3) is 0 Å². The van der Waals surface area contributed by atoms with E-state index in [-0.39, 0.29) is 60.0 Å². The normalized spacial score (nSPS) is 19.2. The molecule has 62 heavy (non-hydrogen) atoms. The average molecular weight is 891 g/mol. The van der Waals surface area contributed by atoms with Crippen molar-refractivity contribution in [2.75, 3.05) is 63.1 Å². The molecule has 4 amide bonds. The van der Waals surface area contributed by atoms with Crippen molar-refractivity contribution in [3.63, 3.8) is 0 Å². The van der Waals surface area contributed by atoms with Crippen LogP contribution < -0.4 is 29.2 Å². The number of methoxy groups -OCH3 is 2. The Morgan fingerprint density at radius 2 is 1.55 bits per heavy atom. The maximum atomic E-state index is 13.9. The van der Waals surface area contributed by atoms with Crippen molar-refractivity contribution in [1.29, 1.82) is 0 Å². The Labute approximate surface area is 365 Å². The molecule has 18 nitrogen and oxygen atoms in total. The van der Waals surface area contributed by atoms with Gasteiger partial charge in [-0.1, -0.05) is 35.1 Å². The number of fused-ring (bicyclic) bond motifs is 4. The highest BCUT2D eigenvalue weighted by Crippen LogP contribution is 2.43.